The summed E-state index contributed by atoms with van der Waals surface area (Å²) in [6.45, 7) is 8.86. The van der Waals surface area contributed by atoms with Crippen molar-refractivity contribution in [2.24, 2.45) is 4.99 Å². The minimum atomic E-state index is -1.14. The van der Waals surface area contributed by atoms with E-state index in [2.05, 4.69) is 41.6 Å². The number of guanidine groups is 1. The average Bonchev–Trinajstić information content (AvgIpc) is 3.08. The van der Waals surface area contributed by atoms with Crippen LogP contribution >= 0.6 is 0 Å². The third-order valence-corrected chi connectivity index (χ3v) is 3.95. The quantitative estimate of drug-likeness (QED) is 0.562. The van der Waals surface area contributed by atoms with Crippen LogP contribution < -0.4 is 10.6 Å². The van der Waals surface area contributed by atoms with Crippen LogP contribution in [0.25, 0.3) is 0 Å². The lowest BCUT2D eigenvalue weighted by Crippen LogP contribution is -2.40. The molecule has 0 aliphatic carbocycles. The molecule has 1 aromatic heterocycles. The van der Waals surface area contributed by atoms with Gasteiger partial charge >= 0.3 is 0 Å². The van der Waals surface area contributed by atoms with E-state index in [1.807, 2.05) is 19.1 Å². The molecule has 3 N–H and O–H groups in total. The van der Waals surface area contributed by atoms with E-state index in [-0.39, 0.29) is 12.6 Å². The van der Waals surface area contributed by atoms with Crippen molar-refractivity contribution in [1.82, 2.24) is 10.6 Å². The number of nitrogens with zero attached hydrogens (tertiary/aromatic N) is 1. The lowest BCUT2D eigenvalue weighted by Gasteiger charge is -2.22. The van der Waals surface area contributed by atoms with Crippen LogP contribution in [-0.4, -0.2) is 24.2 Å². The Hall–Kier alpha value is -2.27. The fourth-order valence-corrected chi connectivity index (χ4v) is 2.57. The number of benzene rings is 1. The summed E-state index contributed by atoms with van der Waals surface area (Å²) in [6, 6.07) is 11.9. The number of rotatable bonds is 6. The maximum atomic E-state index is 10.5. The highest BCUT2D eigenvalue weighted by Crippen LogP contribution is 2.21. The molecule has 130 valence electrons. The summed E-state index contributed by atoms with van der Waals surface area (Å²) >= 11 is 0. The van der Waals surface area contributed by atoms with Crippen LogP contribution in [0, 0.1) is 6.92 Å². The summed E-state index contributed by atoms with van der Waals surface area (Å²) in [5.41, 5.74) is 1.31. The van der Waals surface area contributed by atoms with Crippen molar-refractivity contribution in [3.8, 4) is 0 Å². The molecule has 0 aliphatic rings. The topological polar surface area (TPSA) is 69.8 Å². The summed E-state index contributed by atoms with van der Waals surface area (Å²) < 4.78 is 5.30. The molecule has 2 rings (SSSR count). The molecular weight excluding hydrogens is 302 g/mol. The summed E-state index contributed by atoms with van der Waals surface area (Å²) in [4.78, 5) is 4.52. The van der Waals surface area contributed by atoms with E-state index in [9.17, 15) is 5.11 Å². The third-order valence-electron chi connectivity index (χ3n) is 3.95. The molecule has 0 saturated carbocycles. The van der Waals surface area contributed by atoms with Crippen molar-refractivity contribution in [2.75, 3.05) is 13.1 Å². The van der Waals surface area contributed by atoms with Crippen LogP contribution in [0.3, 0.4) is 0 Å². The Balaban J connectivity index is 2.10. The van der Waals surface area contributed by atoms with Gasteiger partial charge in [0.25, 0.3) is 0 Å². The molecular formula is C19H27N3O2. The van der Waals surface area contributed by atoms with Gasteiger partial charge in [0.05, 0.1) is 18.8 Å². The second-order valence-corrected chi connectivity index (χ2v) is 6.17. The van der Waals surface area contributed by atoms with Crippen LogP contribution in [0.1, 0.15) is 43.7 Å². The molecule has 2 atom stereocenters. The molecule has 1 aromatic carbocycles. The van der Waals surface area contributed by atoms with Gasteiger partial charge in [0.1, 0.15) is 11.4 Å². The van der Waals surface area contributed by atoms with E-state index in [1.54, 1.807) is 25.3 Å². The largest absolute Gasteiger partial charge is 0.466 e. The van der Waals surface area contributed by atoms with Gasteiger partial charge in [-0.2, -0.15) is 0 Å². The Morgan fingerprint density at radius 2 is 2.04 bits per heavy atom. The van der Waals surface area contributed by atoms with E-state index in [0.29, 0.717) is 11.7 Å². The van der Waals surface area contributed by atoms with Crippen molar-refractivity contribution < 1.29 is 9.52 Å². The number of aryl methyl sites for hydroxylation is 1. The smallest absolute Gasteiger partial charge is 0.191 e. The molecule has 2 unspecified atom stereocenters. The number of hydrogen-bond donors (Lipinski definition) is 3. The Labute approximate surface area is 143 Å². The Morgan fingerprint density at radius 1 is 1.29 bits per heavy atom. The van der Waals surface area contributed by atoms with Gasteiger partial charge in [0.15, 0.2) is 5.96 Å². The molecule has 0 fully saturated rings. The Morgan fingerprint density at radius 3 is 2.67 bits per heavy atom. The van der Waals surface area contributed by atoms with Crippen LogP contribution in [0.4, 0.5) is 0 Å². The minimum absolute atomic E-state index is 0.109. The molecule has 0 bridgehead atoms. The number of nitrogens with one attached hydrogen (secondary N) is 2. The predicted octanol–water partition coefficient (Wildman–Crippen LogP) is 3.11. The second-order valence-electron chi connectivity index (χ2n) is 6.17. The maximum Gasteiger partial charge on any atom is 0.191 e. The first-order chi connectivity index (χ1) is 11.4. The van der Waals surface area contributed by atoms with Gasteiger partial charge < -0.3 is 20.2 Å². The second kappa shape index (κ2) is 8.02. The van der Waals surface area contributed by atoms with Gasteiger partial charge in [-0.3, -0.25) is 0 Å². The predicted molar refractivity (Wildman–Crippen MR) is 97.0 cm³/mol. The highest BCUT2D eigenvalue weighted by atomic mass is 16.4. The zero-order valence-corrected chi connectivity index (χ0v) is 14.8. The average molecular weight is 329 g/mol. The van der Waals surface area contributed by atoms with Crippen molar-refractivity contribution in [1.29, 1.82) is 0 Å². The molecule has 5 heteroatoms. The molecule has 0 saturated heterocycles. The molecule has 0 spiro atoms. The SMILES string of the molecule is CCNC(=NCC(C)(O)c1ccco1)NC(C)c1ccccc1C. The molecule has 5 nitrogen and oxygen atoms in total. The highest BCUT2D eigenvalue weighted by Gasteiger charge is 2.26. The van der Waals surface area contributed by atoms with E-state index >= 15 is 0 Å². The van der Waals surface area contributed by atoms with Crippen LogP contribution in [0.2, 0.25) is 0 Å². The maximum absolute atomic E-state index is 10.5. The number of aliphatic hydroxyl groups is 1. The van der Waals surface area contributed by atoms with Gasteiger partial charge in [-0.05, 0) is 51.0 Å². The van der Waals surface area contributed by atoms with E-state index in [4.69, 9.17) is 4.42 Å². The number of hydrogen-bond acceptors (Lipinski definition) is 3. The molecule has 24 heavy (non-hydrogen) atoms. The van der Waals surface area contributed by atoms with Crippen molar-refractivity contribution in [3.05, 3.63) is 59.5 Å². The Kier molecular flexibility index (Phi) is 6.04. The first-order valence-corrected chi connectivity index (χ1v) is 8.30. The minimum Gasteiger partial charge on any atom is -0.466 e. The number of aliphatic imine (C=N–C) groups is 1. The van der Waals surface area contributed by atoms with Gasteiger partial charge in [-0.15, -0.1) is 0 Å². The van der Waals surface area contributed by atoms with Crippen molar-refractivity contribution in [2.45, 2.75) is 39.3 Å². The molecule has 0 aliphatic heterocycles. The summed E-state index contributed by atoms with van der Waals surface area (Å²) in [7, 11) is 0. The zero-order chi connectivity index (χ0) is 17.6. The third kappa shape index (κ3) is 4.61. The lowest BCUT2D eigenvalue weighted by atomic mass is 10.0. The van der Waals surface area contributed by atoms with Crippen molar-refractivity contribution >= 4 is 5.96 Å². The van der Waals surface area contributed by atoms with Crippen LogP contribution in [0.5, 0.6) is 0 Å². The van der Waals surface area contributed by atoms with Crippen LogP contribution in [0.15, 0.2) is 52.1 Å². The number of furan rings is 1. The van der Waals surface area contributed by atoms with Gasteiger partial charge in [-0.1, -0.05) is 24.3 Å². The highest BCUT2D eigenvalue weighted by molar-refractivity contribution is 5.80. The first-order valence-electron chi connectivity index (χ1n) is 8.30. The van der Waals surface area contributed by atoms with E-state index in [0.717, 1.165) is 6.54 Å². The summed E-state index contributed by atoms with van der Waals surface area (Å²) in [5, 5.41) is 17.1. The monoisotopic (exact) mass is 329 g/mol. The van der Waals surface area contributed by atoms with E-state index in [1.165, 1.54) is 11.1 Å². The fourth-order valence-electron chi connectivity index (χ4n) is 2.57. The van der Waals surface area contributed by atoms with Gasteiger partial charge in [0.2, 0.25) is 0 Å². The normalized spacial score (nSPS) is 15.6. The standard InChI is InChI=1S/C19H27N3O2/c1-5-20-18(21-13-19(4,23)17-11-8-12-24-17)22-15(3)16-10-7-6-9-14(16)2/h6-12,15,23H,5,13H2,1-4H3,(H2,20,21,22). The lowest BCUT2D eigenvalue weighted by molar-refractivity contribution is 0.0437. The fraction of sp³-hybridized carbons (Fsp3) is 0.421. The molecule has 1 heterocycles. The Bertz CT molecular complexity index is 663. The van der Waals surface area contributed by atoms with Crippen LogP contribution in [-0.2, 0) is 5.60 Å². The molecule has 0 radical (unpaired) electrons. The van der Waals surface area contributed by atoms with E-state index < -0.39 is 5.60 Å². The summed E-state index contributed by atoms with van der Waals surface area (Å²) in [5.74, 6) is 1.18. The molecule has 0 amide bonds. The van der Waals surface area contributed by atoms with Crippen molar-refractivity contribution in [3.63, 3.8) is 0 Å². The molecule has 2 aromatic rings. The zero-order valence-electron chi connectivity index (χ0n) is 14.8. The van der Waals surface area contributed by atoms with Gasteiger partial charge in [-0.25, -0.2) is 4.99 Å². The summed E-state index contributed by atoms with van der Waals surface area (Å²) in [6.07, 6.45) is 1.55. The first kappa shape index (κ1) is 18.1. The van der Waals surface area contributed by atoms with Gasteiger partial charge in [0, 0.05) is 6.54 Å².